The Morgan fingerprint density at radius 3 is 2.69 bits per heavy atom. The van der Waals surface area contributed by atoms with Crippen molar-refractivity contribution in [2.24, 2.45) is 0 Å². The molecule has 3 N–H and O–H groups in total. The van der Waals surface area contributed by atoms with Crippen LogP contribution in [0.15, 0.2) is 24.3 Å². The number of hydrogen-bond acceptors (Lipinski definition) is 4. The molecule has 0 radical (unpaired) electrons. The van der Waals surface area contributed by atoms with Crippen LogP contribution in [0.3, 0.4) is 0 Å². The van der Waals surface area contributed by atoms with Crippen molar-refractivity contribution in [1.82, 2.24) is 9.97 Å². The van der Waals surface area contributed by atoms with Gasteiger partial charge in [-0.2, -0.15) is 4.98 Å². The highest BCUT2D eigenvalue weighted by Crippen LogP contribution is 2.25. The highest BCUT2D eigenvalue weighted by molar-refractivity contribution is 6.30. The first kappa shape index (κ1) is 10.6. The van der Waals surface area contributed by atoms with Crippen molar-refractivity contribution in [2.45, 2.75) is 0 Å². The molecule has 0 bridgehead atoms. The van der Waals surface area contributed by atoms with E-state index in [2.05, 4.69) is 9.97 Å². The number of benzene rings is 1. The number of aromatic nitrogens is 2. The van der Waals surface area contributed by atoms with Gasteiger partial charge in [0.2, 0.25) is 5.88 Å². The van der Waals surface area contributed by atoms with Crippen LogP contribution in [-0.4, -0.2) is 15.1 Å². The van der Waals surface area contributed by atoms with Gasteiger partial charge in [-0.25, -0.2) is 9.37 Å². The van der Waals surface area contributed by atoms with Gasteiger partial charge in [0.15, 0.2) is 5.82 Å². The maximum atomic E-state index is 13.5. The van der Waals surface area contributed by atoms with Gasteiger partial charge in [0.25, 0.3) is 0 Å². The van der Waals surface area contributed by atoms with Gasteiger partial charge in [0.05, 0.1) is 5.56 Å². The van der Waals surface area contributed by atoms with E-state index in [9.17, 15) is 9.50 Å². The first-order valence-corrected chi connectivity index (χ1v) is 4.73. The highest BCUT2D eigenvalue weighted by Gasteiger charge is 2.10. The lowest BCUT2D eigenvalue weighted by Crippen LogP contribution is -1.97. The molecule has 82 valence electrons. The average Bonchev–Trinajstić information content (AvgIpc) is 2.20. The second-order valence-electron chi connectivity index (χ2n) is 3.10. The van der Waals surface area contributed by atoms with Crippen molar-refractivity contribution in [2.75, 3.05) is 5.73 Å². The van der Waals surface area contributed by atoms with Crippen molar-refractivity contribution in [3.05, 3.63) is 35.1 Å². The fraction of sp³-hybridized carbons (Fsp3) is 0. The predicted octanol–water partition coefficient (Wildman–Crippen LogP) is 2.22. The first-order chi connectivity index (χ1) is 7.56. The Labute approximate surface area is 95.5 Å². The van der Waals surface area contributed by atoms with E-state index in [0.29, 0.717) is 5.02 Å². The van der Waals surface area contributed by atoms with E-state index in [1.54, 1.807) is 0 Å². The van der Waals surface area contributed by atoms with E-state index in [4.69, 9.17) is 17.3 Å². The molecule has 0 atom stereocenters. The number of rotatable bonds is 1. The summed E-state index contributed by atoms with van der Waals surface area (Å²) in [5, 5.41) is 9.58. The van der Waals surface area contributed by atoms with Crippen LogP contribution in [0.25, 0.3) is 11.4 Å². The molecule has 2 aromatic rings. The van der Waals surface area contributed by atoms with Crippen LogP contribution in [0.4, 0.5) is 10.2 Å². The Bertz CT molecular complexity index is 527. The first-order valence-electron chi connectivity index (χ1n) is 4.35. The van der Waals surface area contributed by atoms with Crippen LogP contribution in [0.2, 0.25) is 5.02 Å². The summed E-state index contributed by atoms with van der Waals surface area (Å²) in [5.74, 6) is -0.796. The molecule has 2 rings (SSSR count). The molecule has 0 amide bonds. The number of halogens is 2. The summed E-state index contributed by atoms with van der Waals surface area (Å²) in [4.78, 5) is 7.49. The molecule has 0 spiro atoms. The quantitative estimate of drug-likeness (QED) is 0.800. The third-order valence-electron chi connectivity index (χ3n) is 1.90. The molecular formula is C10H7ClFN3O. The van der Waals surface area contributed by atoms with E-state index in [1.165, 1.54) is 24.3 Å². The van der Waals surface area contributed by atoms with Crippen LogP contribution in [0, 0.1) is 5.82 Å². The van der Waals surface area contributed by atoms with Crippen molar-refractivity contribution >= 4 is 17.4 Å². The molecule has 1 aromatic carbocycles. The minimum atomic E-state index is -0.533. The molecule has 16 heavy (non-hydrogen) atoms. The van der Waals surface area contributed by atoms with Crippen molar-refractivity contribution in [3.63, 3.8) is 0 Å². The van der Waals surface area contributed by atoms with E-state index >= 15 is 0 Å². The zero-order chi connectivity index (χ0) is 11.7. The standard InChI is InChI=1S/C10H7ClFN3O/c11-5-1-2-7(12)6(3-5)10-14-8(13)4-9(16)15-10/h1-4H,(H3,13,14,15,16). The zero-order valence-electron chi connectivity index (χ0n) is 7.98. The molecule has 0 saturated carbocycles. The summed E-state index contributed by atoms with van der Waals surface area (Å²) >= 11 is 5.73. The Morgan fingerprint density at radius 2 is 2.00 bits per heavy atom. The summed E-state index contributed by atoms with van der Waals surface area (Å²) in [5.41, 5.74) is 5.51. The van der Waals surface area contributed by atoms with Gasteiger partial charge in [0, 0.05) is 11.1 Å². The number of nitrogen functional groups attached to an aromatic ring is 1. The molecular weight excluding hydrogens is 233 g/mol. The minimum absolute atomic E-state index is 0.00231. The fourth-order valence-corrected chi connectivity index (χ4v) is 1.41. The lowest BCUT2D eigenvalue weighted by atomic mass is 10.2. The topological polar surface area (TPSA) is 72.0 Å². The maximum absolute atomic E-state index is 13.5. The van der Waals surface area contributed by atoms with E-state index in [1.807, 2.05) is 0 Å². The minimum Gasteiger partial charge on any atom is -0.493 e. The van der Waals surface area contributed by atoms with E-state index in [-0.39, 0.29) is 23.1 Å². The molecule has 0 saturated heterocycles. The molecule has 1 heterocycles. The lowest BCUT2D eigenvalue weighted by Gasteiger charge is -2.04. The Balaban J connectivity index is 2.62. The average molecular weight is 240 g/mol. The van der Waals surface area contributed by atoms with E-state index in [0.717, 1.165) is 0 Å². The molecule has 0 fully saturated rings. The SMILES string of the molecule is Nc1cc(O)nc(-c2cc(Cl)ccc2F)n1. The molecule has 1 aromatic heterocycles. The third-order valence-corrected chi connectivity index (χ3v) is 2.14. The smallest absolute Gasteiger partial charge is 0.216 e. The van der Waals surface area contributed by atoms with Gasteiger partial charge < -0.3 is 10.8 Å². The Hall–Kier alpha value is -1.88. The summed E-state index contributed by atoms with van der Waals surface area (Å²) in [7, 11) is 0. The molecule has 0 aliphatic rings. The normalized spacial score (nSPS) is 10.4. The van der Waals surface area contributed by atoms with Crippen LogP contribution in [0.5, 0.6) is 5.88 Å². The zero-order valence-corrected chi connectivity index (χ0v) is 8.74. The maximum Gasteiger partial charge on any atom is 0.216 e. The molecule has 4 nitrogen and oxygen atoms in total. The van der Waals surface area contributed by atoms with Crippen LogP contribution >= 0.6 is 11.6 Å². The van der Waals surface area contributed by atoms with Gasteiger partial charge >= 0.3 is 0 Å². The number of aromatic hydroxyl groups is 1. The van der Waals surface area contributed by atoms with Crippen LogP contribution in [0.1, 0.15) is 0 Å². The number of nitrogens with two attached hydrogens (primary N) is 1. The van der Waals surface area contributed by atoms with Gasteiger partial charge in [-0.05, 0) is 18.2 Å². The monoisotopic (exact) mass is 239 g/mol. The van der Waals surface area contributed by atoms with E-state index < -0.39 is 5.82 Å². The van der Waals surface area contributed by atoms with Crippen LogP contribution in [-0.2, 0) is 0 Å². The van der Waals surface area contributed by atoms with Gasteiger partial charge in [-0.3, -0.25) is 0 Å². The lowest BCUT2D eigenvalue weighted by molar-refractivity contribution is 0.453. The molecule has 0 aliphatic heterocycles. The molecule has 0 aliphatic carbocycles. The second kappa shape index (κ2) is 3.94. The van der Waals surface area contributed by atoms with Gasteiger partial charge in [-0.15, -0.1) is 0 Å². The number of anilines is 1. The summed E-state index contributed by atoms with van der Waals surface area (Å²) in [6.45, 7) is 0. The van der Waals surface area contributed by atoms with Crippen LogP contribution < -0.4 is 5.73 Å². The van der Waals surface area contributed by atoms with Crippen molar-refractivity contribution in [1.29, 1.82) is 0 Å². The van der Waals surface area contributed by atoms with Crippen molar-refractivity contribution < 1.29 is 9.50 Å². The number of hydrogen-bond donors (Lipinski definition) is 2. The summed E-state index contributed by atoms with van der Waals surface area (Å²) < 4.78 is 13.5. The largest absolute Gasteiger partial charge is 0.493 e. The Morgan fingerprint density at radius 1 is 1.25 bits per heavy atom. The van der Waals surface area contributed by atoms with Gasteiger partial charge in [0.1, 0.15) is 11.6 Å². The highest BCUT2D eigenvalue weighted by atomic mass is 35.5. The predicted molar refractivity (Wildman–Crippen MR) is 58.5 cm³/mol. The Kier molecular flexibility index (Phi) is 2.62. The third kappa shape index (κ3) is 2.04. The van der Waals surface area contributed by atoms with Gasteiger partial charge in [-0.1, -0.05) is 11.6 Å². The fourth-order valence-electron chi connectivity index (χ4n) is 1.24. The summed E-state index contributed by atoms with van der Waals surface area (Å²) in [6, 6.07) is 5.14. The number of nitrogens with zero attached hydrogens (tertiary/aromatic N) is 2. The second-order valence-corrected chi connectivity index (χ2v) is 3.54. The summed E-state index contributed by atoms with van der Waals surface area (Å²) in [6.07, 6.45) is 0. The molecule has 0 unspecified atom stereocenters. The van der Waals surface area contributed by atoms with Crippen molar-refractivity contribution in [3.8, 4) is 17.3 Å². The molecule has 6 heteroatoms.